The number of aromatic nitrogens is 2. The molecule has 1 fully saturated rings. The number of anilines is 2. The van der Waals surface area contributed by atoms with Crippen molar-refractivity contribution in [2.45, 2.75) is 26.1 Å². The largest absolute Gasteiger partial charge is 0.468 e. The van der Waals surface area contributed by atoms with Crippen molar-refractivity contribution >= 4 is 23.5 Å². The maximum Gasteiger partial charge on any atom is 0.422 e. The Balaban J connectivity index is 1.73. The summed E-state index contributed by atoms with van der Waals surface area (Å²) in [5, 5.41) is 5.36. The van der Waals surface area contributed by atoms with Gasteiger partial charge in [0.1, 0.15) is 11.6 Å². The number of nitrogens with zero attached hydrogens (tertiary/aromatic N) is 3. The third-order valence-corrected chi connectivity index (χ3v) is 4.67. The zero-order chi connectivity index (χ0) is 23.8. The summed E-state index contributed by atoms with van der Waals surface area (Å²) < 4.78 is 47.6. The third-order valence-electron chi connectivity index (χ3n) is 4.67. The van der Waals surface area contributed by atoms with Gasteiger partial charge in [0.15, 0.2) is 6.61 Å². The van der Waals surface area contributed by atoms with Crippen LogP contribution in [0.2, 0.25) is 0 Å². The molecule has 178 valence electrons. The van der Waals surface area contributed by atoms with E-state index in [2.05, 4.69) is 20.6 Å². The fourth-order valence-corrected chi connectivity index (χ4v) is 3.03. The predicted octanol–water partition coefficient (Wildman–Crippen LogP) is 2.53. The van der Waals surface area contributed by atoms with Gasteiger partial charge in [-0.15, -0.1) is 0 Å². The standard InChI is InChI=1S/C21H24F3N5O4/c1-2-17(30)27-16-11-14(5-6-25-16)20(31)26-12-15-3-4-18(33-13-21(22,23)24)28-19(15)29-7-9-32-10-8-29/h3-6,11H,2,7-10,12-13H2,1H3,(H,26,31)(H,25,27,30). The Hall–Kier alpha value is -3.41. The van der Waals surface area contributed by atoms with Crippen molar-refractivity contribution in [1.29, 1.82) is 0 Å². The molecule has 0 radical (unpaired) electrons. The van der Waals surface area contributed by atoms with Gasteiger partial charge in [-0.25, -0.2) is 4.98 Å². The molecule has 0 aliphatic carbocycles. The van der Waals surface area contributed by atoms with Gasteiger partial charge in [0.05, 0.1) is 13.2 Å². The molecular weight excluding hydrogens is 443 g/mol. The molecular formula is C21H24F3N5O4. The van der Waals surface area contributed by atoms with Crippen LogP contribution in [-0.2, 0) is 16.1 Å². The highest BCUT2D eigenvalue weighted by molar-refractivity contribution is 5.96. The van der Waals surface area contributed by atoms with Crippen LogP contribution in [0, 0.1) is 0 Å². The number of alkyl halides is 3. The van der Waals surface area contributed by atoms with Crippen LogP contribution in [0.25, 0.3) is 0 Å². The SMILES string of the molecule is CCC(=O)Nc1cc(C(=O)NCc2ccc(OCC(F)(F)F)nc2N2CCOCC2)ccn1. The first-order valence-electron chi connectivity index (χ1n) is 10.3. The van der Waals surface area contributed by atoms with Crippen LogP contribution in [-0.4, -0.2) is 60.9 Å². The minimum Gasteiger partial charge on any atom is -0.468 e. The van der Waals surface area contributed by atoms with Crippen LogP contribution in [0.15, 0.2) is 30.5 Å². The van der Waals surface area contributed by atoms with Gasteiger partial charge in [0.25, 0.3) is 5.91 Å². The summed E-state index contributed by atoms with van der Waals surface area (Å²) >= 11 is 0. The Bertz CT molecular complexity index is 981. The lowest BCUT2D eigenvalue weighted by molar-refractivity contribution is -0.154. The van der Waals surface area contributed by atoms with E-state index in [1.54, 1.807) is 13.0 Å². The molecule has 2 N–H and O–H groups in total. The van der Waals surface area contributed by atoms with Gasteiger partial charge in [0, 0.05) is 49.4 Å². The lowest BCUT2D eigenvalue weighted by Crippen LogP contribution is -2.38. The molecule has 0 atom stereocenters. The van der Waals surface area contributed by atoms with Gasteiger partial charge < -0.3 is 25.0 Å². The first-order chi connectivity index (χ1) is 15.7. The van der Waals surface area contributed by atoms with Crippen LogP contribution < -0.4 is 20.3 Å². The van der Waals surface area contributed by atoms with Gasteiger partial charge in [0.2, 0.25) is 11.8 Å². The van der Waals surface area contributed by atoms with Crippen molar-refractivity contribution in [1.82, 2.24) is 15.3 Å². The Kier molecular flexibility index (Phi) is 8.04. The smallest absolute Gasteiger partial charge is 0.422 e. The maximum absolute atomic E-state index is 12.6. The van der Waals surface area contributed by atoms with E-state index in [0.717, 1.165) is 0 Å². The lowest BCUT2D eigenvalue weighted by atomic mass is 10.2. The zero-order valence-electron chi connectivity index (χ0n) is 17.9. The van der Waals surface area contributed by atoms with Crippen LogP contribution in [0.4, 0.5) is 24.8 Å². The molecule has 2 aromatic heterocycles. The number of pyridine rings is 2. The summed E-state index contributed by atoms with van der Waals surface area (Å²) in [6.07, 6.45) is -2.79. The van der Waals surface area contributed by atoms with Gasteiger partial charge in [-0.2, -0.15) is 18.2 Å². The predicted molar refractivity (Wildman–Crippen MR) is 113 cm³/mol. The minimum atomic E-state index is -4.48. The first kappa shape index (κ1) is 24.2. The fraction of sp³-hybridized carbons (Fsp3) is 0.429. The number of hydrogen-bond donors (Lipinski definition) is 2. The van der Waals surface area contributed by atoms with Gasteiger partial charge >= 0.3 is 6.18 Å². The van der Waals surface area contributed by atoms with Gasteiger partial charge in [-0.3, -0.25) is 9.59 Å². The Morgan fingerprint density at radius 1 is 1.21 bits per heavy atom. The molecule has 0 bridgehead atoms. The van der Waals surface area contributed by atoms with E-state index in [4.69, 9.17) is 9.47 Å². The third kappa shape index (κ3) is 7.31. The summed E-state index contributed by atoms with van der Waals surface area (Å²) in [5.74, 6) is -0.113. The quantitative estimate of drug-likeness (QED) is 0.615. The highest BCUT2D eigenvalue weighted by atomic mass is 19.4. The van der Waals surface area contributed by atoms with Crippen molar-refractivity contribution in [3.05, 3.63) is 41.6 Å². The molecule has 0 saturated carbocycles. The number of carbonyl (C=O) groups excluding carboxylic acids is 2. The van der Waals surface area contributed by atoms with Gasteiger partial charge in [-0.1, -0.05) is 6.92 Å². The van der Waals surface area contributed by atoms with E-state index in [0.29, 0.717) is 43.2 Å². The van der Waals surface area contributed by atoms with E-state index in [-0.39, 0.29) is 30.6 Å². The highest BCUT2D eigenvalue weighted by Gasteiger charge is 2.29. The number of ether oxygens (including phenoxy) is 2. The average Bonchev–Trinajstić information content (AvgIpc) is 2.81. The number of amides is 2. The molecule has 0 spiro atoms. The van der Waals surface area contributed by atoms with E-state index in [9.17, 15) is 22.8 Å². The average molecular weight is 467 g/mol. The molecule has 12 heteroatoms. The lowest BCUT2D eigenvalue weighted by Gasteiger charge is -2.29. The van der Waals surface area contributed by atoms with Crippen molar-refractivity contribution in [2.75, 3.05) is 43.1 Å². The summed E-state index contributed by atoms with van der Waals surface area (Å²) in [7, 11) is 0. The Morgan fingerprint density at radius 3 is 2.67 bits per heavy atom. The first-order valence-corrected chi connectivity index (χ1v) is 10.3. The number of carbonyl (C=O) groups is 2. The number of morpholine rings is 1. The van der Waals surface area contributed by atoms with Crippen molar-refractivity contribution in [3.63, 3.8) is 0 Å². The zero-order valence-corrected chi connectivity index (χ0v) is 17.9. The second kappa shape index (κ2) is 10.9. The molecule has 33 heavy (non-hydrogen) atoms. The second-order valence-electron chi connectivity index (χ2n) is 7.15. The highest BCUT2D eigenvalue weighted by Crippen LogP contribution is 2.24. The molecule has 9 nitrogen and oxygen atoms in total. The van der Waals surface area contributed by atoms with Crippen LogP contribution in [0.5, 0.6) is 5.88 Å². The molecule has 0 unspecified atom stereocenters. The molecule has 0 aromatic carbocycles. The summed E-state index contributed by atoms with van der Waals surface area (Å²) in [6.45, 7) is 2.23. The number of rotatable bonds is 8. The molecule has 2 amide bonds. The minimum absolute atomic E-state index is 0.0804. The fourth-order valence-electron chi connectivity index (χ4n) is 3.03. The van der Waals surface area contributed by atoms with Crippen LogP contribution in [0.3, 0.4) is 0 Å². The van der Waals surface area contributed by atoms with Gasteiger partial charge in [-0.05, 0) is 18.2 Å². The summed E-state index contributed by atoms with van der Waals surface area (Å²) in [6, 6.07) is 5.87. The molecule has 1 saturated heterocycles. The Morgan fingerprint density at radius 2 is 1.97 bits per heavy atom. The maximum atomic E-state index is 12.6. The Labute approximate surface area is 188 Å². The van der Waals surface area contributed by atoms with E-state index < -0.39 is 18.7 Å². The second-order valence-corrected chi connectivity index (χ2v) is 7.15. The monoisotopic (exact) mass is 467 g/mol. The van der Waals surface area contributed by atoms with Crippen molar-refractivity contribution < 1.29 is 32.2 Å². The number of halogens is 3. The van der Waals surface area contributed by atoms with Crippen molar-refractivity contribution in [3.8, 4) is 5.88 Å². The van der Waals surface area contributed by atoms with E-state index in [1.807, 2.05) is 4.90 Å². The molecule has 2 aromatic rings. The number of hydrogen-bond acceptors (Lipinski definition) is 7. The van der Waals surface area contributed by atoms with Crippen LogP contribution in [0.1, 0.15) is 29.3 Å². The normalized spacial score (nSPS) is 14.0. The van der Waals surface area contributed by atoms with E-state index >= 15 is 0 Å². The summed E-state index contributed by atoms with van der Waals surface area (Å²) in [4.78, 5) is 34.3. The molecule has 1 aliphatic heterocycles. The number of nitrogens with one attached hydrogen (secondary N) is 2. The van der Waals surface area contributed by atoms with E-state index in [1.165, 1.54) is 24.4 Å². The summed E-state index contributed by atoms with van der Waals surface area (Å²) in [5.41, 5.74) is 0.903. The topological polar surface area (TPSA) is 106 Å². The molecule has 1 aliphatic rings. The van der Waals surface area contributed by atoms with Crippen molar-refractivity contribution in [2.24, 2.45) is 0 Å². The van der Waals surface area contributed by atoms with Crippen LogP contribution >= 0.6 is 0 Å². The molecule has 3 heterocycles. The molecule has 3 rings (SSSR count).